The Balaban J connectivity index is 1.98. The number of benzene rings is 1. The highest BCUT2D eigenvalue weighted by Gasteiger charge is 2.22. The molecule has 2 N–H and O–H groups in total. The van der Waals surface area contributed by atoms with Crippen LogP contribution >= 0.6 is 0 Å². The molecule has 0 saturated heterocycles. The molecular formula is C16H24N4O. The van der Waals surface area contributed by atoms with Crippen molar-refractivity contribution in [1.82, 2.24) is 20.3 Å². The Morgan fingerprint density at radius 1 is 1.24 bits per heavy atom. The summed E-state index contributed by atoms with van der Waals surface area (Å²) in [4.78, 5) is 0. The summed E-state index contributed by atoms with van der Waals surface area (Å²) in [6.07, 6.45) is 5.00. The van der Waals surface area contributed by atoms with Crippen molar-refractivity contribution in [3.63, 3.8) is 0 Å². The van der Waals surface area contributed by atoms with Crippen LogP contribution in [0.1, 0.15) is 45.2 Å². The van der Waals surface area contributed by atoms with Gasteiger partial charge < -0.3 is 10.4 Å². The van der Waals surface area contributed by atoms with Crippen LogP contribution in [0.4, 0.5) is 0 Å². The van der Waals surface area contributed by atoms with Crippen LogP contribution in [0.15, 0.2) is 36.7 Å². The summed E-state index contributed by atoms with van der Waals surface area (Å²) < 4.78 is 1.73. The minimum Gasteiger partial charge on any atom is -0.389 e. The maximum absolute atomic E-state index is 10.3. The molecule has 0 saturated carbocycles. The van der Waals surface area contributed by atoms with Gasteiger partial charge in [-0.1, -0.05) is 31.2 Å². The largest absolute Gasteiger partial charge is 0.389 e. The molecule has 1 aromatic carbocycles. The van der Waals surface area contributed by atoms with E-state index in [9.17, 15) is 5.11 Å². The summed E-state index contributed by atoms with van der Waals surface area (Å²) in [5.41, 5.74) is 1.56. The summed E-state index contributed by atoms with van der Waals surface area (Å²) in [6.45, 7) is 6.74. The van der Waals surface area contributed by atoms with Crippen LogP contribution in [-0.4, -0.2) is 32.2 Å². The van der Waals surface area contributed by atoms with E-state index in [0.717, 1.165) is 18.5 Å². The van der Waals surface area contributed by atoms with Crippen LogP contribution in [0.5, 0.6) is 0 Å². The molecule has 0 bridgehead atoms. The maximum atomic E-state index is 10.3. The van der Waals surface area contributed by atoms with Crippen LogP contribution in [-0.2, 0) is 0 Å². The highest BCUT2D eigenvalue weighted by molar-refractivity contribution is 5.34. The molecule has 0 aliphatic heterocycles. The molecule has 114 valence electrons. The monoisotopic (exact) mass is 288 g/mol. The molecule has 1 atom stereocenters. The number of hydrogen-bond donors (Lipinski definition) is 2. The van der Waals surface area contributed by atoms with Gasteiger partial charge in [-0.2, -0.15) is 0 Å². The highest BCUT2D eigenvalue weighted by atomic mass is 16.3. The lowest BCUT2D eigenvalue weighted by atomic mass is 9.96. The number of nitrogens with zero attached hydrogens (tertiary/aromatic N) is 3. The molecule has 1 aromatic heterocycles. The Morgan fingerprint density at radius 3 is 2.43 bits per heavy atom. The van der Waals surface area contributed by atoms with Gasteiger partial charge in [0.15, 0.2) is 0 Å². The van der Waals surface area contributed by atoms with Crippen molar-refractivity contribution in [2.45, 2.75) is 45.3 Å². The molecule has 0 radical (unpaired) electrons. The minimum atomic E-state index is -0.616. The summed E-state index contributed by atoms with van der Waals surface area (Å²) in [5.74, 6) is 0. The Kier molecular flexibility index (Phi) is 5.09. The fourth-order valence-electron chi connectivity index (χ4n) is 2.22. The van der Waals surface area contributed by atoms with Gasteiger partial charge in [0.2, 0.25) is 0 Å². The van der Waals surface area contributed by atoms with E-state index in [-0.39, 0.29) is 6.04 Å². The topological polar surface area (TPSA) is 63.0 Å². The predicted molar refractivity (Wildman–Crippen MR) is 83.3 cm³/mol. The summed E-state index contributed by atoms with van der Waals surface area (Å²) in [7, 11) is 0. The van der Waals surface area contributed by atoms with Crippen molar-refractivity contribution in [2.24, 2.45) is 0 Å². The zero-order chi connectivity index (χ0) is 15.3. The molecule has 5 heteroatoms. The Labute approximate surface area is 126 Å². The fourth-order valence-corrected chi connectivity index (χ4v) is 2.22. The van der Waals surface area contributed by atoms with E-state index in [1.54, 1.807) is 10.9 Å². The van der Waals surface area contributed by atoms with Crippen LogP contribution < -0.4 is 5.32 Å². The first-order valence-corrected chi connectivity index (χ1v) is 7.50. The zero-order valence-corrected chi connectivity index (χ0v) is 13.0. The molecule has 0 aliphatic carbocycles. The molecule has 5 nitrogen and oxygen atoms in total. The van der Waals surface area contributed by atoms with Crippen molar-refractivity contribution in [3.8, 4) is 5.69 Å². The molecule has 21 heavy (non-hydrogen) atoms. The smallest absolute Gasteiger partial charge is 0.0766 e. The molecule has 0 aliphatic rings. The van der Waals surface area contributed by atoms with E-state index < -0.39 is 5.60 Å². The van der Waals surface area contributed by atoms with E-state index >= 15 is 0 Å². The molecule has 0 amide bonds. The number of aromatic nitrogens is 3. The maximum Gasteiger partial charge on any atom is 0.0766 e. The van der Waals surface area contributed by atoms with Crippen LogP contribution in [0.25, 0.3) is 5.69 Å². The van der Waals surface area contributed by atoms with Gasteiger partial charge in [-0.25, -0.2) is 4.68 Å². The van der Waals surface area contributed by atoms with Gasteiger partial charge in [-0.15, -0.1) is 5.10 Å². The fraction of sp³-hybridized carbons (Fsp3) is 0.500. The van der Waals surface area contributed by atoms with Crippen molar-refractivity contribution < 1.29 is 5.11 Å². The second-order valence-corrected chi connectivity index (χ2v) is 5.47. The van der Waals surface area contributed by atoms with Crippen molar-refractivity contribution in [2.75, 3.05) is 6.54 Å². The van der Waals surface area contributed by atoms with Gasteiger partial charge in [-0.05, 0) is 37.5 Å². The van der Waals surface area contributed by atoms with Crippen LogP contribution in [0.2, 0.25) is 0 Å². The number of aliphatic hydroxyl groups is 1. The third-order valence-corrected chi connectivity index (χ3v) is 4.13. The predicted octanol–water partition coefficient (Wildman–Crippen LogP) is 2.47. The van der Waals surface area contributed by atoms with Gasteiger partial charge in [0, 0.05) is 12.6 Å². The molecule has 2 aromatic rings. The first-order valence-electron chi connectivity index (χ1n) is 7.50. The minimum absolute atomic E-state index is 0.194. The molecule has 0 spiro atoms. The lowest BCUT2D eigenvalue weighted by Gasteiger charge is -2.27. The summed E-state index contributed by atoms with van der Waals surface area (Å²) in [5, 5.41) is 21.5. The zero-order valence-electron chi connectivity index (χ0n) is 13.0. The Bertz CT molecular complexity index is 532. The van der Waals surface area contributed by atoms with Crippen LogP contribution in [0, 0.1) is 0 Å². The summed E-state index contributed by atoms with van der Waals surface area (Å²) in [6, 6.07) is 8.39. The third-order valence-electron chi connectivity index (χ3n) is 4.13. The average molecular weight is 288 g/mol. The van der Waals surface area contributed by atoms with E-state index in [1.165, 1.54) is 5.56 Å². The van der Waals surface area contributed by atoms with Crippen molar-refractivity contribution in [1.29, 1.82) is 0 Å². The second kappa shape index (κ2) is 6.83. The van der Waals surface area contributed by atoms with Gasteiger partial charge in [-0.3, -0.25) is 0 Å². The highest BCUT2D eigenvalue weighted by Crippen LogP contribution is 2.18. The number of nitrogens with one attached hydrogen (secondary N) is 1. The molecule has 1 unspecified atom stereocenters. The Morgan fingerprint density at radius 2 is 1.90 bits per heavy atom. The van der Waals surface area contributed by atoms with Crippen molar-refractivity contribution >= 4 is 0 Å². The molecule has 0 fully saturated rings. The molecule has 2 rings (SSSR count). The third kappa shape index (κ3) is 3.89. The lowest BCUT2D eigenvalue weighted by Crippen LogP contribution is -2.40. The Hall–Kier alpha value is -1.72. The second-order valence-electron chi connectivity index (χ2n) is 5.47. The van der Waals surface area contributed by atoms with Crippen LogP contribution in [0.3, 0.4) is 0 Å². The normalized spacial score (nSPS) is 13.3. The first kappa shape index (κ1) is 15.7. The average Bonchev–Trinajstić information content (AvgIpc) is 3.07. The van der Waals surface area contributed by atoms with E-state index in [0.29, 0.717) is 6.54 Å². The van der Waals surface area contributed by atoms with Gasteiger partial charge in [0.1, 0.15) is 0 Å². The molecular weight excluding hydrogens is 264 g/mol. The SMILES string of the molecule is CCC(O)(CC)CNC(C)c1ccc(-n2ccnn2)cc1. The number of rotatable bonds is 7. The molecule has 1 heterocycles. The first-order chi connectivity index (χ1) is 10.1. The van der Waals surface area contributed by atoms with Gasteiger partial charge in [0.25, 0.3) is 0 Å². The standard InChI is InChI=1S/C16H24N4O/c1-4-16(21,5-2)12-17-13(3)14-6-8-15(9-7-14)20-11-10-18-19-20/h6-11,13,17,21H,4-5,12H2,1-3H3. The van der Waals surface area contributed by atoms with Gasteiger partial charge >= 0.3 is 0 Å². The van der Waals surface area contributed by atoms with E-state index in [2.05, 4.69) is 34.7 Å². The van der Waals surface area contributed by atoms with E-state index in [1.807, 2.05) is 32.2 Å². The van der Waals surface area contributed by atoms with E-state index in [4.69, 9.17) is 0 Å². The quantitative estimate of drug-likeness (QED) is 0.821. The summed E-state index contributed by atoms with van der Waals surface area (Å²) >= 11 is 0. The van der Waals surface area contributed by atoms with Gasteiger partial charge in [0.05, 0.1) is 23.7 Å². The number of hydrogen-bond acceptors (Lipinski definition) is 4. The lowest BCUT2D eigenvalue weighted by molar-refractivity contribution is 0.0303. The van der Waals surface area contributed by atoms with Crippen molar-refractivity contribution in [3.05, 3.63) is 42.2 Å².